The number of carbonyl (C=O) groups excluding carboxylic acids is 2. The Hall–Kier alpha value is -0.860. The van der Waals surface area contributed by atoms with Crippen molar-refractivity contribution in [1.29, 1.82) is 0 Å². The topological polar surface area (TPSA) is 43.4 Å². The van der Waals surface area contributed by atoms with Gasteiger partial charge in [0.15, 0.2) is 0 Å². The van der Waals surface area contributed by atoms with Gasteiger partial charge in [0, 0.05) is 12.3 Å². The second-order valence-electron chi connectivity index (χ2n) is 7.53. The molecule has 2 atom stereocenters. The second kappa shape index (κ2) is 10.8. The molecule has 0 spiro atoms. The van der Waals surface area contributed by atoms with E-state index in [0.717, 1.165) is 25.7 Å². The molecule has 0 saturated heterocycles. The monoisotopic (exact) mass is 312 g/mol. The van der Waals surface area contributed by atoms with Crippen LogP contribution in [-0.4, -0.2) is 17.9 Å². The Morgan fingerprint density at radius 3 is 1.77 bits per heavy atom. The van der Waals surface area contributed by atoms with Crippen LogP contribution in [0.3, 0.4) is 0 Å². The number of unbranched alkanes of at least 4 members (excludes halogenated alkanes) is 1. The number of rotatable bonds is 11. The standard InChI is InChI=1S/C19H36O3/c1-8-9-10-18(20)16(11-13(2)3)17(12-14(4)5)19(21)22-15(6)7/h13-17H,8-12H2,1-7H3. The zero-order valence-electron chi connectivity index (χ0n) is 15.6. The van der Waals surface area contributed by atoms with E-state index in [0.29, 0.717) is 18.3 Å². The third-order valence-corrected chi connectivity index (χ3v) is 3.78. The Morgan fingerprint density at radius 2 is 1.36 bits per heavy atom. The Morgan fingerprint density at radius 1 is 0.864 bits per heavy atom. The van der Waals surface area contributed by atoms with Crippen LogP contribution in [0.2, 0.25) is 0 Å². The van der Waals surface area contributed by atoms with Crippen LogP contribution in [0.1, 0.15) is 80.6 Å². The van der Waals surface area contributed by atoms with Gasteiger partial charge in [0.05, 0.1) is 12.0 Å². The van der Waals surface area contributed by atoms with Gasteiger partial charge >= 0.3 is 5.97 Å². The van der Waals surface area contributed by atoms with Crippen LogP contribution >= 0.6 is 0 Å². The second-order valence-corrected chi connectivity index (χ2v) is 7.53. The Bertz CT molecular complexity index is 332. The zero-order valence-corrected chi connectivity index (χ0v) is 15.6. The van der Waals surface area contributed by atoms with Gasteiger partial charge in [-0.15, -0.1) is 0 Å². The maximum Gasteiger partial charge on any atom is 0.309 e. The molecule has 2 unspecified atom stereocenters. The molecule has 0 aromatic heterocycles. The summed E-state index contributed by atoms with van der Waals surface area (Å²) in [5, 5.41) is 0. The third-order valence-electron chi connectivity index (χ3n) is 3.78. The number of esters is 1. The number of Topliss-reactive ketones (excluding diaryl/α,β-unsaturated/α-hetero) is 1. The number of ketones is 1. The fraction of sp³-hybridized carbons (Fsp3) is 0.895. The van der Waals surface area contributed by atoms with Gasteiger partial charge in [0.1, 0.15) is 5.78 Å². The molecule has 3 nitrogen and oxygen atoms in total. The predicted octanol–water partition coefficient (Wildman–Crippen LogP) is 5.02. The molecule has 0 rings (SSSR count). The van der Waals surface area contributed by atoms with Crippen molar-refractivity contribution >= 4 is 11.8 Å². The molecule has 22 heavy (non-hydrogen) atoms. The highest BCUT2D eigenvalue weighted by atomic mass is 16.5. The fourth-order valence-corrected chi connectivity index (χ4v) is 2.82. The van der Waals surface area contributed by atoms with Crippen molar-refractivity contribution in [3.05, 3.63) is 0 Å². The first-order valence-electron chi connectivity index (χ1n) is 8.92. The highest BCUT2D eigenvalue weighted by molar-refractivity contribution is 5.86. The van der Waals surface area contributed by atoms with Crippen LogP contribution < -0.4 is 0 Å². The molecule has 0 saturated carbocycles. The Labute approximate surface area is 137 Å². The molecular weight excluding hydrogens is 276 g/mol. The summed E-state index contributed by atoms with van der Waals surface area (Å²) < 4.78 is 5.44. The van der Waals surface area contributed by atoms with Crippen molar-refractivity contribution in [2.75, 3.05) is 0 Å². The van der Waals surface area contributed by atoms with Gasteiger partial charge in [0.25, 0.3) is 0 Å². The van der Waals surface area contributed by atoms with E-state index in [9.17, 15) is 9.59 Å². The van der Waals surface area contributed by atoms with E-state index in [4.69, 9.17) is 4.74 Å². The normalized spacial score (nSPS) is 14.5. The van der Waals surface area contributed by atoms with Crippen LogP contribution in [0.25, 0.3) is 0 Å². The van der Waals surface area contributed by atoms with Crippen molar-refractivity contribution in [2.45, 2.75) is 86.7 Å². The van der Waals surface area contributed by atoms with Crippen molar-refractivity contribution in [1.82, 2.24) is 0 Å². The smallest absolute Gasteiger partial charge is 0.309 e. The third kappa shape index (κ3) is 8.55. The molecule has 130 valence electrons. The first-order chi connectivity index (χ1) is 10.2. The summed E-state index contributed by atoms with van der Waals surface area (Å²) in [6.45, 7) is 14.2. The van der Waals surface area contributed by atoms with Crippen LogP contribution in [0, 0.1) is 23.7 Å². The minimum atomic E-state index is -0.297. The summed E-state index contributed by atoms with van der Waals surface area (Å²) in [6, 6.07) is 0. The molecule has 0 radical (unpaired) electrons. The van der Waals surface area contributed by atoms with Gasteiger partial charge < -0.3 is 4.74 Å². The SMILES string of the molecule is CCCCC(=O)C(CC(C)C)C(CC(C)C)C(=O)OC(C)C. The molecule has 0 aliphatic rings. The number of carbonyl (C=O) groups is 2. The number of ether oxygens (including phenoxy) is 1. The number of hydrogen-bond acceptors (Lipinski definition) is 3. The lowest BCUT2D eigenvalue weighted by Crippen LogP contribution is -2.34. The average molecular weight is 312 g/mol. The van der Waals surface area contributed by atoms with E-state index in [1.54, 1.807) is 0 Å². The largest absolute Gasteiger partial charge is 0.463 e. The lowest BCUT2D eigenvalue weighted by Gasteiger charge is -2.28. The summed E-state index contributed by atoms with van der Waals surface area (Å²) in [5.74, 6) is 0.325. The van der Waals surface area contributed by atoms with Crippen molar-refractivity contribution in [3.63, 3.8) is 0 Å². The van der Waals surface area contributed by atoms with Crippen LogP contribution in [0.5, 0.6) is 0 Å². The highest BCUT2D eigenvalue weighted by Gasteiger charge is 2.35. The predicted molar refractivity (Wildman–Crippen MR) is 91.7 cm³/mol. The quantitative estimate of drug-likeness (QED) is 0.503. The van der Waals surface area contributed by atoms with Gasteiger partial charge in [-0.2, -0.15) is 0 Å². The molecule has 0 heterocycles. The molecule has 0 aromatic rings. The lowest BCUT2D eigenvalue weighted by molar-refractivity contribution is -0.157. The first kappa shape index (κ1) is 21.1. The average Bonchev–Trinajstić information content (AvgIpc) is 2.38. The first-order valence-corrected chi connectivity index (χ1v) is 8.92. The van der Waals surface area contributed by atoms with Gasteiger partial charge in [-0.05, 0) is 44.9 Å². The van der Waals surface area contributed by atoms with Crippen LogP contribution in [0.4, 0.5) is 0 Å². The summed E-state index contributed by atoms with van der Waals surface area (Å²) >= 11 is 0. The van der Waals surface area contributed by atoms with Crippen molar-refractivity contribution in [2.24, 2.45) is 23.7 Å². The minimum absolute atomic E-state index is 0.132. The van der Waals surface area contributed by atoms with E-state index < -0.39 is 0 Å². The van der Waals surface area contributed by atoms with E-state index >= 15 is 0 Å². The number of hydrogen-bond donors (Lipinski definition) is 0. The summed E-state index contributed by atoms with van der Waals surface area (Å²) in [6.07, 6.45) is 3.85. The fourth-order valence-electron chi connectivity index (χ4n) is 2.82. The summed E-state index contributed by atoms with van der Waals surface area (Å²) in [5.41, 5.74) is 0. The molecule has 0 fully saturated rings. The maximum absolute atomic E-state index is 12.6. The van der Waals surface area contributed by atoms with Crippen molar-refractivity contribution in [3.8, 4) is 0 Å². The van der Waals surface area contributed by atoms with Crippen LogP contribution in [-0.2, 0) is 14.3 Å². The van der Waals surface area contributed by atoms with Gasteiger partial charge in [-0.25, -0.2) is 0 Å². The zero-order chi connectivity index (χ0) is 17.3. The van der Waals surface area contributed by atoms with E-state index in [2.05, 4.69) is 34.6 Å². The molecule has 0 amide bonds. The molecule has 0 aliphatic heterocycles. The summed E-state index contributed by atoms with van der Waals surface area (Å²) in [4.78, 5) is 25.2. The van der Waals surface area contributed by atoms with E-state index in [1.165, 1.54) is 0 Å². The maximum atomic E-state index is 12.6. The van der Waals surface area contributed by atoms with Gasteiger partial charge in [-0.1, -0.05) is 41.0 Å². The van der Waals surface area contributed by atoms with Crippen molar-refractivity contribution < 1.29 is 14.3 Å². The summed E-state index contributed by atoms with van der Waals surface area (Å²) in [7, 11) is 0. The molecule has 0 N–H and O–H groups in total. The Kier molecular flexibility index (Phi) is 10.4. The van der Waals surface area contributed by atoms with E-state index in [-0.39, 0.29) is 29.7 Å². The molecule has 0 bridgehead atoms. The molecule has 0 aromatic carbocycles. The Balaban J connectivity index is 5.23. The lowest BCUT2D eigenvalue weighted by atomic mass is 9.77. The molecule has 0 aliphatic carbocycles. The van der Waals surface area contributed by atoms with Gasteiger partial charge in [0.2, 0.25) is 0 Å². The minimum Gasteiger partial charge on any atom is -0.463 e. The highest BCUT2D eigenvalue weighted by Crippen LogP contribution is 2.30. The molecular formula is C19H36O3. The van der Waals surface area contributed by atoms with Crippen LogP contribution in [0.15, 0.2) is 0 Å². The van der Waals surface area contributed by atoms with Gasteiger partial charge in [-0.3, -0.25) is 9.59 Å². The van der Waals surface area contributed by atoms with E-state index in [1.807, 2.05) is 13.8 Å². The molecule has 3 heteroatoms.